The molecule has 0 aliphatic carbocycles. The topological polar surface area (TPSA) is 42.0 Å². The van der Waals surface area contributed by atoms with Crippen molar-refractivity contribution in [3.8, 4) is 5.75 Å². The molecule has 1 aromatic carbocycles. The van der Waals surface area contributed by atoms with Gasteiger partial charge in [-0.2, -0.15) is 0 Å². The maximum Gasteiger partial charge on any atom is 0.119 e. The Kier molecular flexibility index (Phi) is 2.44. The molecule has 0 bridgehead atoms. The van der Waals surface area contributed by atoms with Crippen LogP contribution in [0, 0.1) is 0 Å². The number of aliphatic hydroxyl groups is 1. The van der Waals surface area contributed by atoms with E-state index in [1.165, 1.54) is 0 Å². The number of ether oxygens (including phenoxy) is 2. The summed E-state index contributed by atoms with van der Waals surface area (Å²) in [5.74, 6) is 0.829. The molecule has 1 aliphatic heterocycles. The fraction of sp³-hybridized carbons (Fsp3) is 0.455. The summed E-state index contributed by atoms with van der Waals surface area (Å²) < 4.78 is 10.5. The molecule has 0 spiro atoms. The lowest BCUT2D eigenvalue weighted by Gasteiger charge is -2.11. The van der Waals surface area contributed by atoms with E-state index in [1.807, 2.05) is 24.3 Å². The molecule has 3 heteroatoms. The molecule has 1 aromatic rings. The largest absolute Gasteiger partial charge is 0.497 e. The van der Waals surface area contributed by atoms with Gasteiger partial charge in [0.25, 0.3) is 0 Å². The van der Waals surface area contributed by atoms with Crippen LogP contribution in [-0.4, -0.2) is 25.4 Å². The van der Waals surface area contributed by atoms with Crippen molar-refractivity contribution < 1.29 is 14.6 Å². The summed E-state index contributed by atoms with van der Waals surface area (Å²) in [4.78, 5) is 0. The summed E-state index contributed by atoms with van der Waals surface area (Å²) in [6.45, 7) is 0.845. The lowest BCUT2D eigenvalue weighted by atomic mass is 9.97. The molecular weight excluding hydrogens is 180 g/mol. The first-order valence-electron chi connectivity index (χ1n) is 4.70. The molecule has 1 saturated heterocycles. The number of hydrogen-bond acceptors (Lipinski definition) is 3. The highest BCUT2D eigenvalue weighted by Crippen LogP contribution is 2.42. The van der Waals surface area contributed by atoms with Crippen molar-refractivity contribution in [3.63, 3.8) is 0 Å². The number of epoxide rings is 1. The molecule has 3 nitrogen and oxygen atoms in total. The Balaban J connectivity index is 2.23. The van der Waals surface area contributed by atoms with Gasteiger partial charge in [-0.15, -0.1) is 0 Å². The van der Waals surface area contributed by atoms with Gasteiger partial charge in [-0.3, -0.25) is 0 Å². The zero-order valence-corrected chi connectivity index (χ0v) is 8.19. The molecule has 0 radical (unpaired) electrons. The SMILES string of the molecule is COc1cccc(C2(CCO)CO2)c1. The molecule has 1 heterocycles. The molecule has 0 amide bonds. The van der Waals surface area contributed by atoms with E-state index in [1.54, 1.807) is 7.11 Å². The fourth-order valence-corrected chi connectivity index (χ4v) is 1.63. The average Bonchev–Trinajstić information content (AvgIpc) is 3.00. The smallest absolute Gasteiger partial charge is 0.119 e. The molecule has 1 unspecified atom stereocenters. The van der Waals surface area contributed by atoms with Crippen molar-refractivity contribution in [2.24, 2.45) is 0 Å². The zero-order chi connectivity index (χ0) is 10.0. The second-order valence-corrected chi connectivity index (χ2v) is 3.49. The highest BCUT2D eigenvalue weighted by atomic mass is 16.6. The summed E-state index contributed by atoms with van der Waals surface area (Å²) in [6.07, 6.45) is 0.653. The highest BCUT2D eigenvalue weighted by molar-refractivity contribution is 5.34. The predicted octanol–water partition coefficient (Wildman–Crippen LogP) is 1.30. The van der Waals surface area contributed by atoms with E-state index in [0.717, 1.165) is 11.3 Å². The van der Waals surface area contributed by atoms with Crippen LogP contribution < -0.4 is 4.74 Å². The van der Waals surface area contributed by atoms with Crippen molar-refractivity contribution in [2.45, 2.75) is 12.0 Å². The van der Waals surface area contributed by atoms with Crippen molar-refractivity contribution in [1.82, 2.24) is 0 Å². The van der Waals surface area contributed by atoms with Gasteiger partial charge in [0.2, 0.25) is 0 Å². The molecule has 14 heavy (non-hydrogen) atoms. The van der Waals surface area contributed by atoms with Gasteiger partial charge in [-0.05, 0) is 17.7 Å². The minimum atomic E-state index is -0.247. The average molecular weight is 194 g/mol. The van der Waals surface area contributed by atoms with Gasteiger partial charge in [-0.1, -0.05) is 12.1 Å². The van der Waals surface area contributed by atoms with Crippen LogP contribution in [0.5, 0.6) is 5.75 Å². The third kappa shape index (κ3) is 1.61. The lowest BCUT2D eigenvalue weighted by molar-refractivity contribution is 0.214. The molecule has 1 N–H and O–H groups in total. The first kappa shape index (κ1) is 9.49. The van der Waals surface area contributed by atoms with E-state index in [-0.39, 0.29) is 12.2 Å². The van der Waals surface area contributed by atoms with Crippen molar-refractivity contribution in [2.75, 3.05) is 20.3 Å². The number of hydrogen-bond donors (Lipinski definition) is 1. The number of rotatable bonds is 4. The monoisotopic (exact) mass is 194 g/mol. The molecular formula is C11H14O3. The molecule has 1 atom stereocenters. The second-order valence-electron chi connectivity index (χ2n) is 3.49. The van der Waals surface area contributed by atoms with Crippen molar-refractivity contribution in [1.29, 1.82) is 0 Å². The van der Waals surface area contributed by atoms with Gasteiger partial charge in [0, 0.05) is 13.0 Å². The number of methoxy groups -OCH3 is 1. The van der Waals surface area contributed by atoms with Crippen molar-refractivity contribution >= 4 is 0 Å². The minimum absolute atomic E-state index is 0.150. The van der Waals surface area contributed by atoms with E-state index in [4.69, 9.17) is 14.6 Å². The standard InChI is InChI=1S/C11H14O3/c1-13-10-4-2-3-9(7-10)11(5-6-12)8-14-11/h2-4,7,12H,5-6,8H2,1H3. The van der Waals surface area contributed by atoms with E-state index in [0.29, 0.717) is 13.0 Å². The molecule has 0 saturated carbocycles. The Hall–Kier alpha value is -1.06. The number of benzene rings is 1. The Bertz CT molecular complexity index is 318. The molecule has 1 aliphatic rings. The van der Waals surface area contributed by atoms with Crippen LogP contribution in [-0.2, 0) is 10.3 Å². The van der Waals surface area contributed by atoms with E-state index in [2.05, 4.69) is 0 Å². The van der Waals surface area contributed by atoms with Crippen LogP contribution in [0.1, 0.15) is 12.0 Å². The Morgan fingerprint density at radius 1 is 1.57 bits per heavy atom. The van der Waals surface area contributed by atoms with Crippen LogP contribution in [0.3, 0.4) is 0 Å². The maximum atomic E-state index is 8.92. The van der Waals surface area contributed by atoms with E-state index >= 15 is 0 Å². The Morgan fingerprint density at radius 2 is 2.36 bits per heavy atom. The van der Waals surface area contributed by atoms with Gasteiger partial charge in [0.1, 0.15) is 11.4 Å². The van der Waals surface area contributed by atoms with E-state index in [9.17, 15) is 0 Å². The molecule has 0 aromatic heterocycles. The summed E-state index contributed by atoms with van der Waals surface area (Å²) >= 11 is 0. The summed E-state index contributed by atoms with van der Waals surface area (Å²) in [5, 5.41) is 8.92. The lowest BCUT2D eigenvalue weighted by Crippen LogP contribution is -2.10. The Labute approximate surface area is 83.3 Å². The Morgan fingerprint density at radius 3 is 2.93 bits per heavy atom. The third-order valence-corrected chi connectivity index (χ3v) is 2.60. The van der Waals surface area contributed by atoms with Crippen LogP contribution in [0.15, 0.2) is 24.3 Å². The van der Waals surface area contributed by atoms with Gasteiger partial charge in [-0.25, -0.2) is 0 Å². The first-order chi connectivity index (χ1) is 6.80. The fourth-order valence-electron chi connectivity index (χ4n) is 1.63. The third-order valence-electron chi connectivity index (χ3n) is 2.60. The van der Waals surface area contributed by atoms with Crippen LogP contribution in [0.25, 0.3) is 0 Å². The van der Waals surface area contributed by atoms with Crippen molar-refractivity contribution in [3.05, 3.63) is 29.8 Å². The minimum Gasteiger partial charge on any atom is -0.497 e. The summed E-state index contributed by atoms with van der Waals surface area (Å²) in [5.41, 5.74) is 0.842. The quantitative estimate of drug-likeness (QED) is 0.735. The van der Waals surface area contributed by atoms with Gasteiger partial charge < -0.3 is 14.6 Å². The van der Waals surface area contributed by atoms with Gasteiger partial charge in [0.15, 0.2) is 0 Å². The first-order valence-corrected chi connectivity index (χ1v) is 4.70. The maximum absolute atomic E-state index is 8.92. The molecule has 1 fully saturated rings. The van der Waals surface area contributed by atoms with Crippen LogP contribution in [0.4, 0.5) is 0 Å². The highest BCUT2D eigenvalue weighted by Gasteiger charge is 2.45. The van der Waals surface area contributed by atoms with Gasteiger partial charge in [0.05, 0.1) is 13.7 Å². The molecule has 76 valence electrons. The summed E-state index contributed by atoms with van der Waals surface area (Å²) in [6, 6.07) is 7.81. The van der Waals surface area contributed by atoms with E-state index < -0.39 is 0 Å². The zero-order valence-electron chi connectivity index (χ0n) is 8.19. The van der Waals surface area contributed by atoms with Crippen LogP contribution >= 0.6 is 0 Å². The predicted molar refractivity (Wildman–Crippen MR) is 52.3 cm³/mol. The normalized spacial score (nSPS) is 24.7. The molecule has 2 rings (SSSR count). The summed E-state index contributed by atoms with van der Waals surface area (Å²) in [7, 11) is 1.64. The number of aliphatic hydroxyl groups excluding tert-OH is 1. The van der Waals surface area contributed by atoms with Gasteiger partial charge >= 0.3 is 0 Å². The second kappa shape index (κ2) is 3.59. The van der Waals surface area contributed by atoms with Crippen LogP contribution in [0.2, 0.25) is 0 Å².